The lowest BCUT2D eigenvalue weighted by Crippen LogP contribution is -2.33. The largest absolute Gasteiger partial charge is 0.381 e. The molecule has 1 heterocycles. The van der Waals surface area contributed by atoms with Gasteiger partial charge in [0.2, 0.25) is 0 Å². The third-order valence-corrected chi connectivity index (χ3v) is 3.88. The molecule has 1 aromatic rings. The molecule has 0 saturated carbocycles. The molecular formula is C18H29NO2. The van der Waals surface area contributed by atoms with Crippen molar-refractivity contribution < 1.29 is 9.47 Å². The molecule has 21 heavy (non-hydrogen) atoms. The van der Waals surface area contributed by atoms with Crippen molar-refractivity contribution in [2.75, 3.05) is 26.4 Å². The van der Waals surface area contributed by atoms with Gasteiger partial charge in [-0.05, 0) is 24.8 Å². The van der Waals surface area contributed by atoms with E-state index in [1.165, 1.54) is 18.4 Å². The van der Waals surface area contributed by atoms with E-state index in [9.17, 15) is 0 Å². The number of benzene rings is 1. The second-order valence-electron chi connectivity index (χ2n) is 6.73. The summed E-state index contributed by atoms with van der Waals surface area (Å²) in [5, 5.41) is 3.52. The summed E-state index contributed by atoms with van der Waals surface area (Å²) in [6.45, 7) is 8.91. The van der Waals surface area contributed by atoms with Crippen LogP contribution in [0.5, 0.6) is 0 Å². The molecule has 1 saturated heterocycles. The van der Waals surface area contributed by atoms with Crippen LogP contribution in [0, 0.1) is 5.41 Å². The Balaban J connectivity index is 1.55. The Morgan fingerprint density at radius 2 is 2.10 bits per heavy atom. The first-order valence-corrected chi connectivity index (χ1v) is 8.10. The van der Waals surface area contributed by atoms with Crippen molar-refractivity contribution >= 4 is 0 Å². The fraction of sp³-hybridized carbons (Fsp3) is 0.667. The van der Waals surface area contributed by atoms with E-state index in [-0.39, 0.29) is 5.41 Å². The maximum atomic E-state index is 5.84. The molecule has 1 unspecified atom stereocenters. The second-order valence-corrected chi connectivity index (χ2v) is 6.73. The topological polar surface area (TPSA) is 30.5 Å². The number of ether oxygens (including phenoxy) is 2. The molecule has 0 radical (unpaired) electrons. The number of hydrogen-bond acceptors (Lipinski definition) is 3. The molecular weight excluding hydrogens is 262 g/mol. The Morgan fingerprint density at radius 1 is 1.29 bits per heavy atom. The molecule has 1 atom stereocenters. The molecule has 0 aliphatic carbocycles. The highest BCUT2D eigenvalue weighted by atomic mass is 16.5. The number of rotatable bonds is 9. The van der Waals surface area contributed by atoms with Crippen LogP contribution in [0.4, 0.5) is 0 Å². The van der Waals surface area contributed by atoms with Gasteiger partial charge in [0.05, 0.1) is 12.7 Å². The maximum Gasteiger partial charge on any atom is 0.0597 e. The predicted octanol–water partition coefficient (Wildman–Crippen LogP) is 3.39. The number of hydrogen-bond donors (Lipinski definition) is 1. The van der Waals surface area contributed by atoms with Crippen LogP contribution in [0.15, 0.2) is 30.3 Å². The minimum Gasteiger partial charge on any atom is -0.381 e. The SMILES string of the molecule is CC(C)(CNCc1ccccc1)COCCC1CCCO1. The maximum absolute atomic E-state index is 5.84. The fourth-order valence-corrected chi connectivity index (χ4v) is 2.63. The van der Waals surface area contributed by atoms with Gasteiger partial charge < -0.3 is 14.8 Å². The molecule has 0 spiro atoms. The first kappa shape index (κ1) is 16.5. The minimum absolute atomic E-state index is 0.158. The van der Waals surface area contributed by atoms with Gasteiger partial charge in [0.1, 0.15) is 0 Å². The molecule has 1 fully saturated rings. The summed E-state index contributed by atoms with van der Waals surface area (Å²) in [5.74, 6) is 0. The summed E-state index contributed by atoms with van der Waals surface area (Å²) >= 11 is 0. The normalized spacial score (nSPS) is 19.0. The highest BCUT2D eigenvalue weighted by Gasteiger charge is 2.19. The smallest absolute Gasteiger partial charge is 0.0597 e. The summed E-state index contributed by atoms with van der Waals surface area (Å²) in [6, 6.07) is 10.5. The monoisotopic (exact) mass is 291 g/mol. The zero-order valence-corrected chi connectivity index (χ0v) is 13.4. The molecule has 0 aromatic heterocycles. The van der Waals surface area contributed by atoms with Crippen LogP contribution in [0.25, 0.3) is 0 Å². The lowest BCUT2D eigenvalue weighted by atomic mass is 9.94. The van der Waals surface area contributed by atoms with E-state index in [4.69, 9.17) is 9.47 Å². The van der Waals surface area contributed by atoms with Crippen molar-refractivity contribution in [3.8, 4) is 0 Å². The highest BCUT2D eigenvalue weighted by Crippen LogP contribution is 2.17. The van der Waals surface area contributed by atoms with Crippen LogP contribution in [-0.4, -0.2) is 32.5 Å². The summed E-state index contributed by atoms with van der Waals surface area (Å²) < 4.78 is 11.4. The van der Waals surface area contributed by atoms with Gasteiger partial charge in [-0.2, -0.15) is 0 Å². The lowest BCUT2D eigenvalue weighted by molar-refractivity contribution is 0.0285. The van der Waals surface area contributed by atoms with Gasteiger partial charge in [-0.25, -0.2) is 0 Å². The quantitative estimate of drug-likeness (QED) is 0.707. The Morgan fingerprint density at radius 3 is 2.81 bits per heavy atom. The molecule has 1 aromatic carbocycles. The summed E-state index contributed by atoms with van der Waals surface area (Å²) in [4.78, 5) is 0. The van der Waals surface area contributed by atoms with Crippen molar-refractivity contribution in [1.82, 2.24) is 5.32 Å². The van der Waals surface area contributed by atoms with Gasteiger partial charge >= 0.3 is 0 Å². The third kappa shape index (κ3) is 6.60. The Kier molecular flexibility index (Phi) is 6.68. The molecule has 2 rings (SSSR count). The van der Waals surface area contributed by atoms with Crippen LogP contribution >= 0.6 is 0 Å². The Hall–Kier alpha value is -0.900. The van der Waals surface area contributed by atoms with Gasteiger partial charge in [0.15, 0.2) is 0 Å². The van der Waals surface area contributed by atoms with Gasteiger partial charge in [0, 0.05) is 31.7 Å². The zero-order chi connectivity index (χ0) is 15.0. The standard InChI is InChI=1S/C18H29NO2/c1-18(2,14-19-13-16-7-4-3-5-8-16)15-20-12-10-17-9-6-11-21-17/h3-5,7-8,17,19H,6,9-15H2,1-2H3. The number of nitrogens with one attached hydrogen (secondary N) is 1. The first-order chi connectivity index (χ1) is 10.2. The first-order valence-electron chi connectivity index (χ1n) is 8.10. The molecule has 1 N–H and O–H groups in total. The molecule has 1 aliphatic heterocycles. The van der Waals surface area contributed by atoms with E-state index >= 15 is 0 Å². The van der Waals surface area contributed by atoms with Gasteiger partial charge in [-0.15, -0.1) is 0 Å². The average Bonchev–Trinajstić information content (AvgIpc) is 2.98. The van der Waals surface area contributed by atoms with Crippen LogP contribution in [0.3, 0.4) is 0 Å². The fourth-order valence-electron chi connectivity index (χ4n) is 2.63. The van der Waals surface area contributed by atoms with Crippen LogP contribution < -0.4 is 5.32 Å². The van der Waals surface area contributed by atoms with E-state index in [0.717, 1.165) is 39.3 Å². The minimum atomic E-state index is 0.158. The van der Waals surface area contributed by atoms with Gasteiger partial charge in [0.25, 0.3) is 0 Å². The van der Waals surface area contributed by atoms with Gasteiger partial charge in [-0.1, -0.05) is 44.2 Å². The third-order valence-electron chi connectivity index (χ3n) is 3.88. The summed E-state index contributed by atoms with van der Waals surface area (Å²) in [7, 11) is 0. The Bertz CT molecular complexity index is 385. The van der Waals surface area contributed by atoms with Crippen molar-refractivity contribution in [1.29, 1.82) is 0 Å². The summed E-state index contributed by atoms with van der Waals surface area (Å²) in [6.07, 6.45) is 3.88. The molecule has 118 valence electrons. The van der Waals surface area contributed by atoms with Gasteiger partial charge in [-0.3, -0.25) is 0 Å². The molecule has 1 aliphatic rings. The molecule has 0 amide bonds. The molecule has 3 nitrogen and oxygen atoms in total. The van der Waals surface area contributed by atoms with E-state index in [1.807, 2.05) is 0 Å². The predicted molar refractivity (Wildman–Crippen MR) is 86.3 cm³/mol. The van der Waals surface area contributed by atoms with Crippen LogP contribution in [0.1, 0.15) is 38.7 Å². The van der Waals surface area contributed by atoms with Crippen molar-refractivity contribution in [2.45, 2.75) is 45.8 Å². The Labute approximate surface area is 129 Å². The van der Waals surface area contributed by atoms with E-state index in [0.29, 0.717) is 6.10 Å². The summed E-state index contributed by atoms with van der Waals surface area (Å²) in [5.41, 5.74) is 1.48. The van der Waals surface area contributed by atoms with Crippen molar-refractivity contribution in [3.63, 3.8) is 0 Å². The second kappa shape index (κ2) is 8.52. The van der Waals surface area contributed by atoms with Crippen molar-refractivity contribution in [2.24, 2.45) is 5.41 Å². The van der Waals surface area contributed by atoms with E-state index < -0.39 is 0 Å². The lowest BCUT2D eigenvalue weighted by Gasteiger charge is -2.25. The van der Waals surface area contributed by atoms with E-state index in [1.54, 1.807) is 0 Å². The van der Waals surface area contributed by atoms with Crippen LogP contribution in [0.2, 0.25) is 0 Å². The van der Waals surface area contributed by atoms with Crippen molar-refractivity contribution in [3.05, 3.63) is 35.9 Å². The molecule has 3 heteroatoms. The highest BCUT2D eigenvalue weighted by molar-refractivity contribution is 5.14. The average molecular weight is 291 g/mol. The molecule has 0 bridgehead atoms. The van der Waals surface area contributed by atoms with Crippen LogP contribution in [-0.2, 0) is 16.0 Å². The zero-order valence-electron chi connectivity index (χ0n) is 13.4. The van der Waals surface area contributed by atoms with E-state index in [2.05, 4.69) is 49.5 Å².